The van der Waals surface area contributed by atoms with Crippen molar-refractivity contribution in [1.29, 1.82) is 0 Å². The number of ether oxygens (including phenoxy) is 1. The summed E-state index contributed by atoms with van der Waals surface area (Å²) in [6, 6.07) is 4.38. The molecule has 1 spiro atoms. The molecule has 10 nitrogen and oxygen atoms in total. The Morgan fingerprint density at radius 2 is 1.78 bits per heavy atom. The van der Waals surface area contributed by atoms with Crippen molar-refractivity contribution in [3.63, 3.8) is 0 Å². The fourth-order valence-electron chi connectivity index (χ4n) is 4.51. The van der Waals surface area contributed by atoms with E-state index in [2.05, 4.69) is 15.3 Å². The molecule has 0 amide bonds. The summed E-state index contributed by atoms with van der Waals surface area (Å²) in [5.74, 6) is 0.0366. The molecular weight excluding hydrogens is 459 g/mol. The molecule has 4 N–H and O–H groups in total. The predicted molar refractivity (Wildman–Crippen MR) is 118 cm³/mol. The predicted octanol–water partition coefficient (Wildman–Crippen LogP) is 2.73. The molecule has 0 radical (unpaired) electrons. The molecule has 0 bridgehead atoms. The highest BCUT2D eigenvalue weighted by Gasteiger charge is 2.49. The average molecular weight is 477 g/mol. The van der Waals surface area contributed by atoms with E-state index in [4.69, 9.17) is 33.7 Å². The van der Waals surface area contributed by atoms with E-state index in [9.17, 15) is 14.4 Å². The molecule has 2 aliphatic carbocycles. The number of halogens is 2. The summed E-state index contributed by atoms with van der Waals surface area (Å²) < 4.78 is 6.64. The Morgan fingerprint density at radius 3 is 2.41 bits per heavy atom. The van der Waals surface area contributed by atoms with Crippen LogP contribution in [0.15, 0.2) is 32.6 Å². The number of rotatable bonds is 4. The highest BCUT2D eigenvalue weighted by molar-refractivity contribution is 6.37. The number of nitrogens with one attached hydrogen (secondary N) is 2. The monoisotopic (exact) mass is 476 g/mol. The quantitative estimate of drug-likeness (QED) is 0.523. The second-order valence-electron chi connectivity index (χ2n) is 8.35. The second kappa shape index (κ2) is 7.49. The summed E-state index contributed by atoms with van der Waals surface area (Å²) in [5, 5.41) is 10.3. The molecule has 1 aromatic carbocycles. The second-order valence-corrected chi connectivity index (χ2v) is 9.16. The van der Waals surface area contributed by atoms with E-state index >= 15 is 0 Å². The van der Waals surface area contributed by atoms with Crippen LogP contribution in [-0.4, -0.2) is 25.0 Å². The lowest BCUT2D eigenvalue weighted by molar-refractivity contribution is 0.00843. The molecule has 2 saturated carbocycles. The lowest BCUT2D eigenvalue weighted by Gasteiger charge is -2.54. The third-order valence-corrected chi connectivity index (χ3v) is 6.87. The van der Waals surface area contributed by atoms with Crippen LogP contribution >= 0.6 is 23.2 Å². The molecule has 5 rings (SSSR count). The Kier molecular flexibility index (Phi) is 4.86. The van der Waals surface area contributed by atoms with Gasteiger partial charge in [-0.15, -0.1) is 10.2 Å². The zero-order valence-corrected chi connectivity index (χ0v) is 18.2. The van der Waals surface area contributed by atoms with Gasteiger partial charge in [0.25, 0.3) is 11.1 Å². The minimum absolute atomic E-state index is 0.0672. The van der Waals surface area contributed by atoms with Gasteiger partial charge in [-0.3, -0.25) is 14.6 Å². The van der Waals surface area contributed by atoms with E-state index in [1.54, 1.807) is 6.07 Å². The molecule has 2 fully saturated rings. The highest BCUT2D eigenvalue weighted by atomic mass is 35.5. The van der Waals surface area contributed by atoms with E-state index in [-0.39, 0.29) is 44.7 Å². The number of hydrogen-bond donors (Lipinski definition) is 3. The van der Waals surface area contributed by atoms with Gasteiger partial charge < -0.3 is 10.5 Å². The number of aromatic nitrogens is 5. The molecule has 32 heavy (non-hydrogen) atoms. The number of anilines is 1. The van der Waals surface area contributed by atoms with Crippen molar-refractivity contribution in [2.75, 3.05) is 5.73 Å². The number of H-pyrrole nitrogens is 2. The van der Waals surface area contributed by atoms with Crippen LogP contribution in [0.3, 0.4) is 0 Å². The molecule has 12 heteroatoms. The number of nitrogens with zero attached hydrogens (tertiary/aromatic N) is 3. The van der Waals surface area contributed by atoms with Crippen molar-refractivity contribution in [1.82, 2.24) is 25.0 Å². The number of benzene rings is 1. The Labute approximate surface area is 190 Å². The summed E-state index contributed by atoms with van der Waals surface area (Å²) >= 11 is 12.7. The molecule has 2 aliphatic rings. The van der Waals surface area contributed by atoms with Gasteiger partial charge in [0.2, 0.25) is 11.7 Å². The van der Waals surface area contributed by atoms with Crippen LogP contribution in [0.2, 0.25) is 10.0 Å². The zero-order valence-electron chi connectivity index (χ0n) is 16.7. The fourth-order valence-corrected chi connectivity index (χ4v) is 5.06. The minimum Gasteiger partial charge on any atom is -0.434 e. The third-order valence-electron chi connectivity index (χ3n) is 6.31. The molecule has 0 atom stereocenters. The topological polar surface area (TPSA) is 149 Å². The first-order chi connectivity index (χ1) is 15.2. The van der Waals surface area contributed by atoms with Crippen molar-refractivity contribution >= 4 is 29.0 Å². The zero-order chi connectivity index (χ0) is 22.6. The van der Waals surface area contributed by atoms with Crippen LogP contribution in [0, 0.1) is 5.41 Å². The van der Waals surface area contributed by atoms with Gasteiger partial charge >= 0.3 is 5.69 Å². The molecular formula is C20H18Cl2N6O4. The molecule has 0 unspecified atom stereocenters. The summed E-state index contributed by atoms with van der Waals surface area (Å²) in [6.45, 7) is 0. The molecule has 2 heterocycles. The van der Waals surface area contributed by atoms with Gasteiger partial charge in [-0.1, -0.05) is 29.6 Å². The Hall–Kier alpha value is -3.11. The summed E-state index contributed by atoms with van der Waals surface area (Å²) in [7, 11) is 0. The van der Waals surface area contributed by atoms with Gasteiger partial charge in [0, 0.05) is 11.6 Å². The molecule has 3 aromatic rings. The maximum absolute atomic E-state index is 12.3. The Bertz CT molecular complexity index is 1380. The van der Waals surface area contributed by atoms with Crippen molar-refractivity contribution < 1.29 is 4.74 Å². The fraction of sp³-hybridized carbons (Fsp3) is 0.350. The lowest BCUT2D eigenvalue weighted by Crippen LogP contribution is -2.42. The number of nitrogens with two attached hydrogens (primary N) is 1. The normalized spacial score (nSPS) is 17.1. The molecule has 166 valence electrons. The molecule has 0 aliphatic heterocycles. The van der Waals surface area contributed by atoms with Gasteiger partial charge in [0.1, 0.15) is 0 Å². The first-order valence-corrected chi connectivity index (χ1v) is 10.8. The standard InChI is InChI=1S/C20H18Cl2N6O4/c21-12-4-10(28-19(31)24-18(30)16(23)27-28)5-13(22)15(12)32-14-6-11(17(29)26-25-14)9-7-20(8-9)2-1-3-20/h4-6,9H,1-3,7-8H2,(H2,23,27)(H,26,29)(H,24,30,31). The van der Waals surface area contributed by atoms with Crippen LogP contribution in [0.25, 0.3) is 5.69 Å². The third kappa shape index (κ3) is 3.49. The first-order valence-electron chi connectivity index (χ1n) is 10.0. The van der Waals surface area contributed by atoms with Gasteiger partial charge in [-0.05, 0) is 49.1 Å². The maximum Gasteiger partial charge on any atom is 0.349 e. The summed E-state index contributed by atoms with van der Waals surface area (Å²) in [6.07, 6.45) is 5.71. The van der Waals surface area contributed by atoms with Crippen LogP contribution in [0.5, 0.6) is 11.6 Å². The van der Waals surface area contributed by atoms with E-state index in [1.807, 2.05) is 4.98 Å². The van der Waals surface area contributed by atoms with Crippen LogP contribution in [0.4, 0.5) is 5.82 Å². The average Bonchev–Trinajstić information content (AvgIpc) is 2.67. The van der Waals surface area contributed by atoms with Gasteiger partial charge in [-0.25, -0.2) is 9.89 Å². The largest absolute Gasteiger partial charge is 0.434 e. The van der Waals surface area contributed by atoms with Crippen molar-refractivity contribution in [3.05, 3.63) is 65.0 Å². The Morgan fingerprint density at radius 1 is 1.09 bits per heavy atom. The van der Waals surface area contributed by atoms with Crippen LogP contribution in [0.1, 0.15) is 43.6 Å². The smallest absolute Gasteiger partial charge is 0.349 e. The SMILES string of the molecule is Nc1nn(-c2cc(Cl)c(Oc3cc(C4CC5(CCC5)C4)c(=O)[nH]n3)c(Cl)c2)c(=O)[nH]c1=O. The van der Waals surface area contributed by atoms with E-state index in [0.29, 0.717) is 11.0 Å². The molecule has 2 aromatic heterocycles. The van der Waals surface area contributed by atoms with Crippen LogP contribution < -0.4 is 27.3 Å². The number of hydrogen-bond acceptors (Lipinski definition) is 7. The molecule has 0 saturated heterocycles. The highest BCUT2D eigenvalue weighted by Crippen LogP contribution is 2.61. The first kappa shape index (κ1) is 20.8. The van der Waals surface area contributed by atoms with E-state index in [0.717, 1.165) is 17.5 Å². The van der Waals surface area contributed by atoms with Crippen molar-refractivity contribution in [2.24, 2.45) is 5.41 Å². The summed E-state index contributed by atoms with van der Waals surface area (Å²) in [4.78, 5) is 37.8. The van der Waals surface area contributed by atoms with Crippen LogP contribution in [-0.2, 0) is 0 Å². The van der Waals surface area contributed by atoms with E-state index in [1.165, 1.54) is 31.4 Å². The van der Waals surface area contributed by atoms with Gasteiger partial charge in [0.15, 0.2) is 5.75 Å². The minimum atomic E-state index is -0.804. The van der Waals surface area contributed by atoms with E-state index < -0.39 is 11.2 Å². The number of aromatic amines is 2. The van der Waals surface area contributed by atoms with Crippen molar-refractivity contribution in [3.8, 4) is 17.3 Å². The Balaban J connectivity index is 1.43. The van der Waals surface area contributed by atoms with Gasteiger partial charge in [-0.2, -0.15) is 4.68 Å². The lowest BCUT2D eigenvalue weighted by atomic mass is 9.51. The maximum atomic E-state index is 12.3. The summed E-state index contributed by atoms with van der Waals surface area (Å²) in [5.41, 5.74) is 4.89. The number of nitrogen functional groups attached to an aromatic ring is 1. The van der Waals surface area contributed by atoms with Gasteiger partial charge in [0.05, 0.1) is 15.7 Å². The van der Waals surface area contributed by atoms with Crippen molar-refractivity contribution in [2.45, 2.75) is 38.0 Å².